The molecule has 94 valence electrons. The fraction of sp³-hybridized carbons (Fsp3) is 0.357. The second-order valence-electron chi connectivity index (χ2n) is 4.39. The maximum Gasteiger partial charge on any atom is 0.161 e. The summed E-state index contributed by atoms with van der Waals surface area (Å²) in [5.41, 5.74) is 3.88. The van der Waals surface area contributed by atoms with Gasteiger partial charge in [0.05, 0.1) is 0 Å². The lowest BCUT2D eigenvalue weighted by atomic mass is 10.1. The fourth-order valence-electron chi connectivity index (χ4n) is 1.94. The number of rotatable bonds is 3. The van der Waals surface area contributed by atoms with Crippen LogP contribution in [0.5, 0.6) is 0 Å². The van der Waals surface area contributed by atoms with Crippen LogP contribution in [0, 0.1) is 13.8 Å². The van der Waals surface area contributed by atoms with Crippen LogP contribution < -0.4 is 0 Å². The van der Waals surface area contributed by atoms with Crippen molar-refractivity contribution in [2.75, 3.05) is 0 Å². The summed E-state index contributed by atoms with van der Waals surface area (Å²) in [5.74, 6) is 0.680. The molecule has 0 aliphatic heterocycles. The molecule has 2 rings (SSSR count). The molecule has 0 saturated heterocycles. The molecule has 0 N–H and O–H groups in total. The molecule has 4 heteroatoms. The Morgan fingerprint density at radius 2 is 1.67 bits per heavy atom. The number of aryl methyl sites for hydroxylation is 3. The molecule has 0 aliphatic rings. The quantitative estimate of drug-likeness (QED) is 0.790. The Balaban J connectivity index is 2.49. The third-order valence-electron chi connectivity index (χ3n) is 2.59. The molecular formula is C14H16ClN3. The summed E-state index contributed by atoms with van der Waals surface area (Å²) in [5, 5.41) is 0.496. The number of hydrogen-bond acceptors (Lipinski definition) is 3. The van der Waals surface area contributed by atoms with Crippen molar-refractivity contribution in [1.29, 1.82) is 0 Å². The number of aromatic nitrogens is 3. The Labute approximate surface area is 112 Å². The van der Waals surface area contributed by atoms with Gasteiger partial charge < -0.3 is 0 Å². The number of hydrogen-bond donors (Lipinski definition) is 0. The second kappa shape index (κ2) is 5.44. The standard InChI is InChI=1S/C14H16ClN3/c1-4-5-12-8-13(15)18-14(17-12)11-6-9(2)16-10(3)7-11/h6-8H,4-5H2,1-3H3. The Hall–Kier alpha value is -1.48. The molecule has 0 spiro atoms. The van der Waals surface area contributed by atoms with E-state index < -0.39 is 0 Å². The summed E-state index contributed by atoms with van der Waals surface area (Å²) < 4.78 is 0. The lowest BCUT2D eigenvalue weighted by molar-refractivity contribution is 0.875. The van der Waals surface area contributed by atoms with E-state index in [1.807, 2.05) is 32.0 Å². The van der Waals surface area contributed by atoms with Crippen LogP contribution in [-0.2, 0) is 6.42 Å². The highest BCUT2D eigenvalue weighted by Gasteiger charge is 2.07. The monoisotopic (exact) mass is 261 g/mol. The Kier molecular flexibility index (Phi) is 3.92. The van der Waals surface area contributed by atoms with Crippen molar-refractivity contribution < 1.29 is 0 Å². The SMILES string of the molecule is CCCc1cc(Cl)nc(-c2cc(C)nc(C)c2)n1. The number of halogens is 1. The molecule has 0 unspecified atom stereocenters. The minimum absolute atomic E-state index is 0.496. The van der Waals surface area contributed by atoms with Crippen LogP contribution in [0.1, 0.15) is 30.4 Å². The molecule has 0 amide bonds. The Bertz CT molecular complexity index is 547. The molecule has 2 aromatic rings. The third kappa shape index (κ3) is 3.05. The van der Waals surface area contributed by atoms with Gasteiger partial charge in [0, 0.05) is 22.6 Å². The summed E-state index contributed by atoms with van der Waals surface area (Å²) in [6.07, 6.45) is 1.96. The van der Waals surface area contributed by atoms with Gasteiger partial charge in [0.25, 0.3) is 0 Å². The molecule has 2 heterocycles. The first-order valence-electron chi connectivity index (χ1n) is 6.07. The molecule has 0 radical (unpaired) electrons. The van der Waals surface area contributed by atoms with Gasteiger partial charge in [-0.15, -0.1) is 0 Å². The normalized spacial score (nSPS) is 10.7. The van der Waals surface area contributed by atoms with Gasteiger partial charge in [-0.3, -0.25) is 4.98 Å². The van der Waals surface area contributed by atoms with Crippen LogP contribution in [0.4, 0.5) is 0 Å². The summed E-state index contributed by atoms with van der Waals surface area (Å²) >= 11 is 6.05. The van der Waals surface area contributed by atoms with E-state index in [0.717, 1.165) is 35.5 Å². The predicted molar refractivity (Wildman–Crippen MR) is 73.7 cm³/mol. The molecule has 0 aromatic carbocycles. The van der Waals surface area contributed by atoms with E-state index in [2.05, 4.69) is 21.9 Å². The van der Waals surface area contributed by atoms with E-state index in [1.54, 1.807) is 0 Å². The zero-order valence-corrected chi connectivity index (χ0v) is 11.6. The first kappa shape index (κ1) is 13.0. The Morgan fingerprint density at radius 1 is 1.00 bits per heavy atom. The van der Waals surface area contributed by atoms with E-state index in [4.69, 9.17) is 11.6 Å². The van der Waals surface area contributed by atoms with Crippen LogP contribution in [0.15, 0.2) is 18.2 Å². The van der Waals surface area contributed by atoms with Gasteiger partial charge in [-0.1, -0.05) is 24.9 Å². The number of nitrogens with zero attached hydrogens (tertiary/aromatic N) is 3. The fourth-order valence-corrected chi connectivity index (χ4v) is 2.15. The van der Waals surface area contributed by atoms with Gasteiger partial charge in [-0.05, 0) is 38.5 Å². The summed E-state index contributed by atoms with van der Waals surface area (Å²) in [6, 6.07) is 5.79. The van der Waals surface area contributed by atoms with E-state index in [0.29, 0.717) is 11.0 Å². The topological polar surface area (TPSA) is 38.7 Å². The van der Waals surface area contributed by atoms with Crippen LogP contribution in [-0.4, -0.2) is 15.0 Å². The van der Waals surface area contributed by atoms with Crippen molar-refractivity contribution in [3.05, 3.63) is 40.4 Å². The summed E-state index contributed by atoms with van der Waals surface area (Å²) in [6.45, 7) is 6.05. The van der Waals surface area contributed by atoms with Crippen molar-refractivity contribution in [3.63, 3.8) is 0 Å². The average Bonchev–Trinajstić information content (AvgIpc) is 2.27. The lowest BCUT2D eigenvalue weighted by Gasteiger charge is -2.06. The molecule has 0 aliphatic carbocycles. The van der Waals surface area contributed by atoms with E-state index in [1.165, 1.54) is 0 Å². The molecule has 0 fully saturated rings. The highest BCUT2D eigenvalue weighted by Crippen LogP contribution is 2.20. The minimum Gasteiger partial charge on any atom is -0.258 e. The first-order valence-corrected chi connectivity index (χ1v) is 6.45. The van der Waals surface area contributed by atoms with E-state index in [-0.39, 0.29) is 0 Å². The predicted octanol–water partition coefficient (Wildman–Crippen LogP) is 3.76. The molecule has 0 saturated carbocycles. The van der Waals surface area contributed by atoms with Gasteiger partial charge in [0.1, 0.15) is 5.15 Å². The zero-order chi connectivity index (χ0) is 13.1. The van der Waals surface area contributed by atoms with Crippen LogP contribution in [0.3, 0.4) is 0 Å². The maximum absolute atomic E-state index is 6.05. The minimum atomic E-state index is 0.496. The van der Waals surface area contributed by atoms with E-state index >= 15 is 0 Å². The highest BCUT2D eigenvalue weighted by molar-refractivity contribution is 6.29. The Morgan fingerprint density at radius 3 is 2.28 bits per heavy atom. The maximum atomic E-state index is 6.05. The smallest absolute Gasteiger partial charge is 0.161 e. The molecule has 2 aromatic heterocycles. The van der Waals surface area contributed by atoms with Crippen molar-refractivity contribution in [1.82, 2.24) is 15.0 Å². The zero-order valence-electron chi connectivity index (χ0n) is 10.9. The van der Waals surface area contributed by atoms with E-state index in [9.17, 15) is 0 Å². The van der Waals surface area contributed by atoms with Crippen molar-refractivity contribution in [2.24, 2.45) is 0 Å². The average molecular weight is 262 g/mol. The van der Waals surface area contributed by atoms with Gasteiger partial charge >= 0.3 is 0 Å². The van der Waals surface area contributed by atoms with Gasteiger partial charge in [-0.2, -0.15) is 0 Å². The lowest BCUT2D eigenvalue weighted by Crippen LogP contribution is -1.97. The van der Waals surface area contributed by atoms with Crippen molar-refractivity contribution in [3.8, 4) is 11.4 Å². The molecule has 0 atom stereocenters. The largest absolute Gasteiger partial charge is 0.258 e. The summed E-state index contributed by atoms with van der Waals surface area (Å²) in [7, 11) is 0. The second-order valence-corrected chi connectivity index (χ2v) is 4.78. The number of pyridine rings is 1. The molecule has 18 heavy (non-hydrogen) atoms. The van der Waals surface area contributed by atoms with Gasteiger partial charge in [0.15, 0.2) is 5.82 Å². The molecular weight excluding hydrogens is 246 g/mol. The molecule has 0 bridgehead atoms. The third-order valence-corrected chi connectivity index (χ3v) is 2.79. The van der Waals surface area contributed by atoms with Crippen LogP contribution in [0.2, 0.25) is 5.15 Å². The van der Waals surface area contributed by atoms with Gasteiger partial charge in [0.2, 0.25) is 0 Å². The highest BCUT2D eigenvalue weighted by atomic mass is 35.5. The summed E-state index contributed by atoms with van der Waals surface area (Å²) in [4.78, 5) is 13.2. The van der Waals surface area contributed by atoms with Crippen LogP contribution in [0.25, 0.3) is 11.4 Å². The first-order chi connectivity index (χ1) is 8.58. The van der Waals surface area contributed by atoms with Gasteiger partial charge in [-0.25, -0.2) is 9.97 Å². The van der Waals surface area contributed by atoms with Crippen molar-refractivity contribution in [2.45, 2.75) is 33.6 Å². The van der Waals surface area contributed by atoms with Crippen LogP contribution >= 0.6 is 11.6 Å². The molecule has 3 nitrogen and oxygen atoms in total. The van der Waals surface area contributed by atoms with Crippen molar-refractivity contribution >= 4 is 11.6 Å².